The van der Waals surface area contributed by atoms with Gasteiger partial charge in [0.1, 0.15) is 5.82 Å². The standard InChI is InChI=1S/C19H9FN2O2/c20-12-5-6-16-14(9-12)17(23)18-21-15-8-11-4-2-1-3-10(11)7-13(15)19(24)22(16)18/h1-9H. The molecule has 0 aliphatic carbocycles. The number of rotatable bonds is 0. The van der Waals surface area contributed by atoms with Crippen LogP contribution < -0.4 is 5.56 Å². The van der Waals surface area contributed by atoms with Crippen LogP contribution in [-0.2, 0) is 0 Å². The average molecular weight is 316 g/mol. The van der Waals surface area contributed by atoms with Gasteiger partial charge in [-0.25, -0.2) is 9.37 Å². The highest BCUT2D eigenvalue weighted by Crippen LogP contribution is 2.28. The number of hydrogen-bond acceptors (Lipinski definition) is 3. The Hall–Kier alpha value is -3.34. The predicted molar refractivity (Wildman–Crippen MR) is 88.2 cm³/mol. The zero-order valence-electron chi connectivity index (χ0n) is 12.3. The Labute approximate surface area is 134 Å². The summed E-state index contributed by atoms with van der Waals surface area (Å²) in [6.45, 7) is 0. The molecule has 0 spiro atoms. The first-order valence-corrected chi connectivity index (χ1v) is 7.44. The number of hydrogen-bond donors (Lipinski definition) is 0. The fourth-order valence-electron chi connectivity index (χ4n) is 3.25. The quantitative estimate of drug-likeness (QED) is 0.412. The number of halogens is 1. The molecule has 5 heteroatoms. The lowest BCUT2D eigenvalue weighted by Crippen LogP contribution is -2.21. The third kappa shape index (κ3) is 1.58. The highest BCUT2D eigenvalue weighted by atomic mass is 19.1. The van der Waals surface area contributed by atoms with E-state index in [-0.39, 0.29) is 16.9 Å². The molecule has 0 radical (unpaired) electrons. The molecule has 0 N–H and O–H groups in total. The van der Waals surface area contributed by atoms with Crippen molar-refractivity contribution in [2.24, 2.45) is 0 Å². The summed E-state index contributed by atoms with van der Waals surface area (Å²) in [5.74, 6) is -0.918. The van der Waals surface area contributed by atoms with Crippen LogP contribution in [0.5, 0.6) is 0 Å². The maximum atomic E-state index is 13.5. The normalized spacial score (nSPS) is 12.6. The van der Waals surface area contributed by atoms with Crippen LogP contribution in [0.3, 0.4) is 0 Å². The van der Waals surface area contributed by atoms with E-state index in [9.17, 15) is 14.0 Å². The Morgan fingerprint density at radius 1 is 0.917 bits per heavy atom. The van der Waals surface area contributed by atoms with E-state index < -0.39 is 11.6 Å². The third-order valence-electron chi connectivity index (χ3n) is 4.38. The van der Waals surface area contributed by atoms with Crippen molar-refractivity contribution >= 4 is 27.5 Å². The lowest BCUT2D eigenvalue weighted by atomic mass is 10.1. The van der Waals surface area contributed by atoms with Crippen LogP contribution in [0.25, 0.3) is 27.4 Å². The van der Waals surface area contributed by atoms with Gasteiger partial charge >= 0.3 is 0 Å². The van der Waals surface area contributed by atoms with Crippen molar-refractivity contribution in [1.29, 1.82) is 0 Å². The van der Waals surface area contributed by atoms with Crippen LogP contribution in [-0.4, -0.2) is 15.3 Å². The molecule has 0 saturated heterocycles. The Balaban J connectivity index is 1.95. The van der Waals surface area contributed by atoms with Crippen LogP contribution in [0, 0.1) is 5.82 Å². The molecule has 1 aliphatic rings. The van der Waals surface area contributed by atoms with Gasteiger partial charge in [-0.2, -0.15) is 0 Å². The van der Waals surface area contributed by atoms with Gasteiger partial charge in [-0.15, -0.1) is 0 Å². The number of ketones is 1. The SMILES string of the molecule is O=C1c2cc(F)ccc2-n2c1nc1cc3ccccc3cc1c2=O. The zero-order chi connectivity index (χ0) is 16.4. The Morgan fingerprint density at radius 2 is 1.67 bits per heavy atom. The largest absolute Gasteiger partial charge is 0.285 e. The minimum Gasteiger partial charge on any atom is -0.285 e. The van der Waals surface area contributed by atoms with Crippen molar-refractivity contribution in [2.75, 3.05) is 0 Å². The lowest BCUT2D eigenvalue weighted by molar-refractivity contribution is 0.103. The molecule has 4 aromatic rings. The fraction of sp³-hybridized carbons (Fsp3) is 0. The number of fused-ring (bicyclic) bond motifs is 5. The molecule has 114 valence electrons. The van der Waals surface area contributed by atoms with E-state index >= 15 is 0 Å². The van der Waals surface area contributed by atoms with E-state index in [1.165, 1.54) is 16.7 Å². The van der Waals surface area contributed by atoms with Crippen molar-refractivity contribution in [3.8, 4) is 5.69 Å². The van der Waals surface area contributed by atoms with Crippen molar-refractivity contribution in [2.45, 2.75) is 0 Å². The first-order valence-electron chi connectivity index (χ1n) is 7.44. The smallest absolute Gasteiger partial charge is 0.266 e. The molecule has 2 heterocycles. The van der Waals surface area contributed by atoms with E-state index in [4.69, 9.17) is 0 Å². The van der Waals surface area contributed by atoms with Crippen LogP contribution in [0.15, 0.2) is 59.4 Å². The molecule has 0 fully saturated rings. The number of carbonyl (C=O) groups is 1. The summed E-state index contributed by atoms with van der Waals surface area (Å²) in [4.78, 5) is 29.8. The molecular formula is C19H9FN2O2. The summed E-state index contributed by atoms with van der Waals surface area (Å²) in [6, 6.07) is 15.0. The molecule has 4 nitrogen and oxygen atoms in total. The number of carbonyl (C=O) groups excluding carboxylic acids is 1. The van der Waals surface area contributed by atoms with Crippen LogP contribution >= 0.6 is 0 Å². The second-order valence-electron chi connectivity index (χ2n) is 5.78. The fourth-order valence-corrected chi connectivity index (χ4v) is 3.25. The summed E-state index contributed by atoms with van der Waals surface area (Å²) < 4.78 is 14.7. The summed E-state index contributed by atoms with van der Waals surface area (Å²) in [5.41, 5.74) is 0.689. The molecular weight excluding hydrogens is 307 g/mol. The molecule has 0 bridgehead atoms. The lowest BCUT2D eigenvalue weighted by Gasteiger charge is -2.07. The second kappa shape index (κ2) is 4.35. The first kappa shape index (κ1) is 13.1. The summed E-state index contributed by atoms with van der Waals surface area (Å²) >= 11 is 0. The van der Waals surface area contributed by atoms with Gasteiger partial charge in [0.15, 0.2) is 5.82 Å². The molecule has 0 unspecified atom stereocenters. The zero-order valence-corrected chi connectivity index (χ0v) is 12.3. The molecule has 3 aromatic carbocycles. The molecule has 24 heavy (non-hydrogen) atoms. The van der Waals surface area contributed by atoms with E-state index in [1.807, 2.05) is 24.3 Å². The topological polar surface area (TPSA) is 52.0 Å². The van der Waals surface area contributed by atoms with Crippen molar-refractivity contribution in [3.05, 3.63) is 82.2 Å². The van der Waals surface area contributed by atoms with E-state index in [1.54, 1.807) is 12.1 Å². The second-order valence-corrected chi connectivity index (χ2v) is 5.78. The molecule has 1 aliphatic heterocycles. The van der Waals surface area contributed by atoms with Crippen molar-refractivity contribution < 1.29 is 9.18 Å². The Kier molecular flexibility index (Phi) is 2.38. The molecule has 0 atom stereocenters. The summed E-state index contributed by atoms with van der Waals surface area (Å²) in [6.07, 6.45) is 0. The molecule has 5 rings (SSSR count). The van der Waals surface area contributed by atoms with Gasteiger partial charge < -0.3 is 0 Å². The predicted octanol–water partition coefficient (Wildman–Crippen LogP) is 3.22. The molecule has 1 aromatic heterocycles. The summed E-state index contributed by atoms with van der Waals surface area (Å²) in [5, 5.41) is 2.30. The average Bonchev–Trinajstić information content (AvgIpc) is 2.86. The van der Waals surface area contributed by atoms with Gasteiger partial charge in [0, 0.05) is 0 Å². The Bertz CT molecular complexity index is 1260. The number of nitrogens with zero attached hydrogens (tertiary/aromatic N) is 2. The van der Waals surface area contributed by atoms with Crippen LogP contribution in [0.1, 0.15) is 16.2 Å². The Morgan fingerprint density at radius 3 is 2.46 bits per heavy atom. The van der Waals surface area contributed by atoms with E-state index in [0.717, 1.165) is 16.8 Å². The monoisotopic (exact) mass is 316 g/mol. The summed E-state index contributed by atoms with van der Waals surface area (Å²) in [7, 11) is 0. The number of benzene rings is 3. The first-order chi connectivity index (χ1) is 11.6. The maximum Gasteiger partial charge on any atom is 0.266 e. The van der Waals surface area contributed by atoms with Gasteiger partial charge in [0.25, 0.3) is 5.56 Å². The maximum absolute atomic E-state index is 13.5. The van der Waals surface area contributed by atoms with Gasteiger partial charge in [-0.1, -0.05) is 24.3 Å². The highest BCUT2D eigenvalue weighted by Gasteiger charge is 2.30. The highest BCUT2D eigenvalue weighted by molar-refractivity contribution is 6.13. The van der Waals surface area contributed by atoms with Crippen LogP contribution in [0.2, 0.25) is 0 Å². The van der Waals surface area contributed by atoms with Gasteiger partial charge in [0.05, 0.1) is 22.2 Å². The van der Waals surface area contributed by atoms with Gasteiger partial charge in [-0.05, 0) is 41.1 Å². The van der Waals surface area contributed by atoms with Gasteiger partial charge in [0.2, 0.25) is 5.78 Å². The minimum absolute atomic E-state index is 0.0309. The van der Waals surface area contributed by atoms with E-state index in [0.29, 0.717) is 16.6 Å². The van der Waals surface area contributed by atoms with Gasteiger partial charge in [-0.3, -0.25) is 14.2 Å². The van der Waals surface area contributed by atoms with Crippen molar-refractivity contribution in [3.63, 3.8) is 0 Å². The van der Waals surface area contributed by atoms with E-state index in [2.05, 4.69) is 4.98 Å². The molecule has 0 saturated carbocycles. The minimum atomic E-state index is -0.516. The number of aromatic nitrogens is 2. The third-order valence-corrected chi connectivity index (χ3v) is 4.38. The van der Waals surface area contributed by atoms with Crippen LogP contribution in [0.4, 0.5) is 4.39 Å². The van der Waals surface area contributed by atoms with Crippen molar-refractivity contribution in [1.82, 2.24) is 9.55 Å². The molecule has 0 amide bonds.